The molecule has 0 heterocycles. The van der Waals surface area contributed by atoms with Crippen LogP contribution in [0.4, 0.5) is 0 Å². The number of benzene rings is 1. The fraction of sp³-hybridized carbons (Fsp3) is 0.417. The number of aromatic carboxylic acids is 1. The second-order valence-electron chi connectivity index (χ2n) is 4.06. The Labute approximate surface area is 106 Å². The summed E-state index contributed by atoms with van der Waals surface area (Å²) in [5, 5.41) is 8.80. The first-order valence-electron chi connectivity index (χ1n) is 5.70. The van der Waals surface area contributed by atoms with Crippen LogP contribution in [-0.2, 0) is 16.5 Å². The molecule has 1 aromatic rings. The van der Waals surface area contributed by atoms with Crippen LogP contribution in [0.3, 0.4) is 0 Å². The maximum absolute atomic E-state index is 11.2. The topological polar surface area (TPSA) is 91.7 Å². The third-order valence-corrected chi connectivity index (χ3v) is 3.58. The van der Waals surface area contributed by atoms with Crippen molar-refractivity contribution in [3.05, 3.63) is 29.3 Å². The summed E-state index contributed by atoms with van der Waals surface area (Å²) < 4.78 is 31.6. The number of carboxylic acid groups (broad SMARTS) is 1. The lowest BCUT2D eigenvalue weighted by molar-refractivity contribution is 0.0696. The van der Waals surface area contributed by atoms with Crippen molar-refractivity contribution >= 4 is 16.1 Å². The van der Waals surface area contributed by atoms with E-state index in [2.05, 4.69) is 0 Å². The van der Waals surface area contributed by atoms with Crippen LogP contribution < -0.4 is 0 Å². The van der Waals surface area contributed by atoms with Crippen LogP contribution in [0.2, 0.25) is 0 Å². The predicted molar refractivity (Wildman–Crippen MR) is 66.4 cm³/mol. The Hall–Kier alpha value is -1.40. The molecule has 0 unspecified atom stereocenters. The van der Waals surface area contributed by atoms with E-state index < -0.39 is 16.1 Å². The van der Waals surface area contributed by atoms with E-state index in [1.807, 2.05) is 6.92 Å². The van der Waals surface area contributed by atoms with E-state index in [1.54, 1.807) is 0 Å². The molecule has 0 radical (unpaired) electrons. The van der Waals surface area contributed by atoms with Crippen LogP contribution in [0.15, 0.2) is 23.1 Å². The number of carbonyl (C=O) groups is 1. The molecule has 0 aliphatic heterocycles. The predicted octanol–water partition coefficient (Wildman–Crippen LogP) is 2.36. The van der Waals surface area contributed by atoms with Crippen LogP contribution in [0.1, 0.15) is 42.1 Å². The minimum atomic E-state index is -4.39. The molecule has 0 saturated carbocycles. The van der Waals surface area contributed by atoms with Crippen LogP contribution in [0.5, 0.6) is 0 Å². The van der Waals surface area contributed by atoms with Crippen LogP contribution >= 0.6 is 0 Å². The largest absolute Gasteiger partial charge is 0.478 e. The van der Waals surface area contributed by atoms with Gasteiger partial charge >= 0.3 is 5.97 Å². The molecule has 0 fully saturated rings. The van der Waals surface area contributed by atoms with Crippen molar-refractivity contribution in [1.82, 2.24) is 0 Å². The molecule has 6 heteroatoms. The smallest absolute Gasteiger partial charge is 0.335 e. The summed E-state index contributed by atoms with van der Waals surface area (Å²) in [5.74, 6) is -1.22. The molecule has 2 N–H and O–H groups in total. The molecule has 0 aromatic heterocycles. The van der Waals surface area contributed by atoms with Crippen molar-refractivity contribution in [3.8, 4) is 0 Å². The molecule has 0 spiro atoms. The molecule has 0 aliphatic carbocycles. The van der Waals surface area contributed by atoms with Crippen molar-refractivity contribution < 1.29 is 22.9 Å². The number of rotatable bonds is 6. The van der Waals surface area contributed by atoms with Crippen LogP contribution in [-0.4, -0.2) is 24.0 Å². The molecule has 0 bridgehead atoms. The lowest BCUT2D eigenvalue weighted by Gasteiger charge is -2.08. The zero-order valence-corrected chi connectivity index (χ0v) is 10.9. The molecule has 5 nitrogen and oxygen atoms in total. The summed E-state index contributed by atoms with van der Waals surface area (Å²) in [6, 6.07) is 3.79. The highest BCUT2D eigenvalue weighted by Crippen LogP contribution is 2.20. The van der Waals surface area contributed by atoms with Gasteiger partial charge in [-0.1, -0.05) is 25.8 Å². The van der Waals surface area contributed by atoms with E-state index in [1.165, 1.54) is 12.1 Å². The van der Waals surface area contributed by atoms with Gasteiger partial charge in [-0.3, -0.25) is 4.55 Å². The summed E-state index contributed by atoms with van der Waals surface area (Å²) >= 11 is 0. The fourth-order valence-corrected chi connectivity index (χ4v) is 2.48. The van der Waals surface area contributed by atoms with Gasteiger partial charge < -0.3 is 5.11 Å². The second-order valence-corrected chi connectivity index (χ2v) is 5.45. The SMILES string of the molecule is CCCCCc1ccc(C(=O)O)cc1S(=O)(=O)O. The normalized spacial score (nSPS) is 11.4. The van der Waals surface area contributed by atoms with Crippen molar-refractivity contribution in [2.24, 2.45) is 0 Å². The number of hydrogen-bond donors (Lipinski definition) is 2. The first-order chi connectivity index (χ1) is 8.36. The van der Waals surface area contributed by atoms with E-state index in [0.717, 1.165) is 25.3 Å². The van der Waals surface area contributed by atoms with Gasteiger partial charge in [-0.2, -0.15) is 8.42 Å². The van der Waals surface area contributed by atoms with Gasteiger partial charge in [0.25, 0.3) is 10.1 Å². The average Bonchev–Trinajstić information content (AvgIpc) is 2.28. The lowest BCUT2D eigenvalue weighted by atomic mass is 10.1. The molecule has 0 aliphatic rings. The standard InChI is InChI=1S/C12H16O5S/c1-2-3-4-5-9-6-7-10(12(13)14)8-11(9)18(15,16)17/h6-8H,2-5H2,1H3,(H,13,14)(H,15,16,17). The van der Waals surface area contributed by atoms with E-state index in [4.69, 9.17) is 9.66 Å². The summed E-state index contributed by atoms with van der Waals surface area (Å²) in [7, 11) is -4.39. The minimum Gasteiger partial charge on any atom is -0.478 e. The fourth-order valence-electron chi connectivity index (χ4n) is 1.70. The molecule has 0 amide bonds. The van der Waals surface area contributed by atoms with E-state index >= 15 is 0 Å². The van der Waals surface area contributed by atoms with Crippen molar-refractivity contribution in [2.75, 3.05) is 0 Å². The Morgan fingerprint density at radius 3 is 2.44 bits per heavy atom. The third-order valence-electron chi connectivity index (χ3n) is 2.64. The van der Waals surface area contributed by atoms with Crippen molar-refractivity contribution in [2.45, 2.75) is 37.5 Å². The quantitative estimate of drug-likeness (QED) is 0.612. The maximum atomic E-state index is 11.2. The molecule has 1 rings (SSSR count). The Balaban J connectivity index is 3.14. The zero-order valence-electron chi connectivity index (χ0n) is 10.1. The monoisotopic (exact) mass is 272 g/mol. The van der Waals surface area contributed by atoms with Gasteiger partial charge in [-0.05, 0) is 30.5 Å². The molecule has 1 aromatic carbocycles. The summed E-state index contributed by atoms with van der Waals surface area (Å²) in [6.07, 6.45) is 3.24. The summed E-state index contributed by atoms with van der Waals surface area (Å²) in [6.45, 7) is 2.03. The van der Waals surface area contributed by atoms with Crippen molar-refractivity contribution in [3.63, 3.8) is 0 Å². The third kappa shape index (κ3) is 3.82. The summed E-state index contributed by atoms with van der Waals surface area (Å²) in [4.78, 5) is 10.5. The van der Waals surface area contributed by atoms with Gasteiger partial charge in [0.2, 0.25) is 0 Å². The number of unbranched alkanes of at least 4 members (excludes halogenated alkanes) is 2. The molecule has 0 saturated heterocycles. The Morgan fingerprint density at radius 2 is 1.94 bits per heavy atom. The molecular weight excluding hydrogens is 256 g/mol. The number of hydrogen-bond acceptors (Lipinski definition) is 3. The van der Waals surface area contributed by atoms with E-state index in [9.17, 15) is 13.2 Å². The van der Waals surface area contributed by atoms with Gasteiger partial charge in [-0.25, -0.2) is 4.79 Å². The van der Waals surface area contributed by atoms with Crippen LogP contribution in [0, 0.1) is 0 Å². The van der Waals surface area contributed by atoms with E-state index in [-0.39, 0.29) is 10.5 Å². The van der Waals surface area contributed by atoms with Crippen LogP contribution in [0.25, 0.3) is 0 Å². The van der Waals surface area contributed by atoms with Crippen molar-refractivity contribution in [1.29, 1.82) is 0 Å². The van der Waals surface area contributed by atoms with Gasteiger partial charge in [0.15, 0.2) is 0 Å². The Bertz CT molecular complexity index is 533. The maximum Gasteiger partial charge on any atom is 0.335 e. The Kier molecular flexibility index (Phi) is 4.86. The number of aryl methyl sites for hydroxylation is 1. The van der Waals surface area contributed by atoms with Gasteiger partial charge in [0.1, 0.15) is 0 Å². The highest BCUT2D eigenvalue weighted by Gasteiger charge is 2.17. The Morgan fingerprint density at radius 1 is 1.28 bits per heavy atom. The molecular formula is C12H16O5S. The highest BCUT2D eigenvalue weighted by atomic mass is 32.2. The summed E-state index contributed by atoms with van der Waals surface area (Å²) in [5.41, 5.74) is 0.304. The number of carboxylic acids is 1. The lowest BCUT2D eigenvalue weighted by Crippen LogP contribution is -2.06. The second kappa shape index (κ2) is 5.97. The highest BCUT2D eigenvalue weighted by molar-refractivity contribution is 7.85. The molecule has 18 heavy (non-hydrogen) atoms. The molecule has 100 valence electrons. The van der Waals surface area contributed by atoms with Gasteiger partial charge in [0.05, 0.1) is 10.5 Å². The molecule has 0 atom stereocenters. The van der Waals surface area contributed by atoms with Gasteiger partial charge in [0, 0.05) is 0 Å². The zero-order chi connectivity index (χ0) is 13.8. The van der Waals surface area contributed by atoms with Gasteiger partial charge in [-0.15, -0.1) is 0 Å². The first kappa shape index (κ1) is 14.7. The first-order valence-corrected chi connectivity index (χ1v) is 7.14. The minimum absolute atomic E-state index is 0.151. The average molecular weight is 272 g/mol. The van der Waals surface area contributed by atoms with E-state index in [0.29, 0.717) is 12.0 Å².